The summed E-state index contributed by atoms with van der Waals surface area (Å²) in [5.41, 5.74) is 0.516. The second-order valence-corrected chi connectivity index (χ2v) is 4.89. The predicted molar refractivity (Wildman–Crippen MR) is 77.5 cm³/mol. The molecule has 0 aliphatic carbocycles. The molecule has 0 saturated carbocycles. The van der Waals surface area contributed by atoms with Crippen LogP contribution in [0.5, 0.6) is 0 Å². The molecule has 0 aliphatic rings. The Morgan fingerprint density at radius 3 is 2.29 bits per heavy atom. The van der Waals surface area contributed by atoms with E-state index in [2.05, 4.69) is 5.32 Å². The van der Waals surface area contributed by atoms with Crippen molar-refractivity contribution in [3.63, 3.8) is 0 Å². The Morgan fingerprint density at radius 2 is 1.76 bits per heavy atom. The van der Waals surface area contributed by atoms with Crippen LogP contribution in [-0.4, -0.2) is 41.9 Å². The summed E-state index contributed by atoms with van der Waals surface area (Å²) in [6.45, 7) is 0. The van der Waals surface area contributed by atoms with Gasteiger partial charge in [0.15, 0.2) is 6.04 Å². The van der Waals surface area contributed by atoms with E-state index in [-0.39, 0.29) is 24.7 Å². The summed E-state index contributed by atoms with van der Waals surface area (Å²) in [5, 5.41) is 11.7. The molecule has 6 nitrogen and oxygen atoms in total. The number of amides is 2. The van der Waals surface area contributed by atoms with E-state index in [1.54, 1.807) is 44.4 Å². The number of carboxylic acids is 1. The van der Waals surface area contributed by atoms with Gasteiger partial charge < -0.3 is 15.3 Å². The molecule has 0 bridgehead atoms. The first-order valence-electron chi connectivity index (χ1n) is 6.69. The van der Waals surface area contributed by atoms with Crippen molar-refractivity contribution in [2.24, 2.45) is 0 Å². The van der Waals surface area contributed by atoms with Crippen molar-refractivity contribution < 1.29 is 19.5 Å². The van der Waals surface area contributed by atoms with Crippen LogP contribution in [0.4, 0.5) is 0 Å². The molecule has 1 rings (SSSR count). The van der Waals surface area contributed by atoms with Crippen LogP contribution in [0, 0.1) is 0 Å². The molecule has 0 radical (unpaired) electrons. The van der Waals surface area contributed by atoms with Crippen molar-refractivity contribution in [3.05, 3.63) is 35.9 Å². The van der Waals surface area contributed by atoms with Crippen LogP contribution in [0.1, 0.15) is 30.9 Å². The van der Waals surface area contributed by atoms with Crippen molar-refractivity contribution in [3.8, 4) is 0 Å². The van der Waals surface area contributed by atoms with Crippen molar-refractivity contribution in [1.82, 2.24) is 10.2 Å². The average Bonchev–Trinajstić information content (AvgIpc) is 2.45. The van der Waals surface area contributed by atoms with Gasteiger partial charge in [-0.05, 0) is 12.0 Å². The third kappa shape index (κ3) is 5.64. The highest BCUT2D eigenvalue weighted by Crippen LogP contribution is 2.13. The van der Waals surface area contributed by atoms with Gasteiger partial charge in [-0.1, -0.05) is 30.3 Å². The number of carbonyl (C=O) groups is 3. The summed E-state index contributed by atoms with van der Waals surface area (Å²) in [5.74, 6) is -1.54. The number of benzene rings is 1. The van der Waals surface area contributed by atoms with Crippen LogP contribution >= 0.6 is 0 Å². The highest BCUT2D eigenvalue weighted by atomic mass is 16.4. The van der Waals surface area contributed by atoms with E-state index in [0.717, 1.165) is 0 Å². The third-order valence-electron chi connectivity index (χ3n) is 2.98. The number of carboxylic acid groups (broad SMARTS) is 1. The highest BCUT2D eigenvalue weighted by molar-refractivity contribution is 5.85. The van der Waals surface area contributed by atoms with E-state index in [4.69, 9.17) is 0 Å². The quantitative estimate of drug-likeness (QED) is 0.790. The second-order valence-electron chi connectivity index (χ2n) is 4.89. The summed E-state index contributed by atoms with van der Waals surface area (Å²) < 4.78 is 0. The SMILES string of the molecule is CN(C)C(=O)CCCC(=O)N[C@H](C(=O)O)c1ccccc1. The number of nitrogens with one attached hydrogen (secondary N) is 1. The van der Waals surface area contributed by atoms with E-state index in [1.165, 1.54) is 4.90 Å². The van der Waals surface area contributed by atoms with Crippen LogP contribution < -0.4 is 5.32 Å². The number of nitrogens with zero attached hydrogens (tertiary/aromatic N) is 1. The van der Waals surface area contributed by atoms with Crippen molar-refractivity contribution in [2.45, 2.75) is 25.3 Å². The zero-order valence-corrected chi connectivity index (χ0v) is 12.2. The van der Waals surface area contributed by atoms with Gasteiger partial charge >= 0.3 is 5.97 Å². The Kier molecular flexibility index (Phi) is 6.39. The summed E-state index contributed by atoms with van der Waals surface area (Å²) >= 11 is 0. The molecule has 114 valence electrons. The first-order chi connectivity index (χ1) is 9.91. The predicted octanol–water partition coefficient (Wildman–Crippen LogP) is 1.19. The Labute approximate surface area is 123 Å². The fourth-order valence-corrected chi connectivity index (χ4v) is 1.79. The van der Waals surface area contributed by atoms with Gasteiger partial charge in [0.2, 0.25) is 11.8 Å². The van der Waals surface area contributed by atoms with Gasteiger partial charge in [0.05, 0.1) is 0 Å². The van der Waals surface area contributed by atoms with Gasteiger partial charge in [-0.2, -0.15) is 0 Å². The van der Waals surface area contributed by atoms with Gasteiger partial charge in [-0.15, -0.1) is 0 Å². The Hall–Kier alpha value is -2.37. The maximum atomic E-state index is 11.8. The maximum Gasteiger partial charge on any atom is 0.330 e. The molecule has 0 saturated heterocycles. The minimum atomic E-state index is -1.11. The molecule has 21 heavy (non-hydrogen) atoms. The lowest BCUT2D eigenvalue weighted by Gasteiger charge is -2.15. The average molecular weight is 292 g/mol. The molecule has 6 heteroatoms. The monoisotopic (exact) mass is 292 g/mol. The van der Waals surface area contributed by atoms with Crippen LogP contribution in [0.15, 0.2) is 30.3 Å². The fraction of sp³-hybridized carbons (Fsp3) is 0.400. The minimum Gasteiger partial charge on any atom is -0.479 e. The molecular formula is C15H20N2O4. The zero-order valence-electron chi connectivity index (χ0n) is 12.2. The minimum absolute atomic E-state index is 0.0550. The smallest absolute Gasteiger partial charge is 0.330 e. The van der Waals surface area contributed by atoms with Gasteiger partial charge in [-0.25, -0.2) is 4.79 Å². The molecule has 0 heterocycles. The summed E-state index contributed by atoms with van der Waals surface area (Å²) in [7, 11) is 3.30. The van der Waals surface area contributed by atoms with Crippen LogP contribution in [0.25, 0.3) is 0 Å². The first-order valence-corrected chi connectivity index (χ1v) is 6.69. The molecule has 0 aliphatic heterocycles. The van der Waals surface area contributed by atoms with Gasteiger partial charge in [0, 0.05) is 26.9 Å². The lowest BCUT2D eigenvalue weighted by atomic mass is 10.1. The fourth-order valence-electron chi connectivity index (χ4n) is 1.79. The van der Waals surface area contributed by atoms with Gasteiger partial charge in [0.1, 0.15) is 0 Å². The maximum absolute atomic E-state index is 11.8. The number of carbonyl (C=O) groups excluding carboxylic acids is 2. The molecule has 1 aromatic carbocycles. The second kappa shape index (κ2) is 8.04. The first kappa shape index (κ1) is 16.7. The number of hydrogen-bond donors (Lipinski definition) is 2. The highest BCUT2D eigenvalue weighted by Gasteiger charge is 2.21. The topological polar surface area (TPSA) is 86.7 Å². The van der Waals surface area contributed by atoms with Crippen molar-refractivity contribution >= 4 is 17.8 Å². The lowest BCUT2D eigenvalue weighted by Crippen LogP contribution is -2.33. The normalized spacial score (nSPS) is 11.5. The molecule has 2 amide bonds. The van der Waals surface area contributed by atoms with Crippen LogP contribution in [0.2, 0.25) is 0 Å². The Balaban J connectivity index is 2.51. The number of aliphatic carboxylic acids is 1. The Morgan fingerprint density at radius 1 is 1.14 bits per heavy atom. The van der Waals surface area contributed by atoms with Crippen molar-refractivity contribution in [1.29, 1.82) is 0 Å². The molecule has 1 aromatic rings. The van der Waals surface area contributed by atoms with Gasteiger partial charge in [-0.3, -0.25) is 9.59 Å². The molecule has 0 fully saturated rings. The molecule has 0 aromatic heterocycles. The van der Waals surface area contributed by atoms with Gasteiger partial charge in [0.25, 0.3) is 0 Å². The van der Waals surface area contributed by atoms with E-state index >= 15 is 0 Å². The van der Waals surface area contributed by atoms with E-state index in [1.807, 2.05) is 0 Å². The van der Waals surface area contributed by atoms with Crippen LogP contribution in [-0.2, 0) is 14.4 Å². The molecule has 0 unspecified atom stereocenters. The standard InChI is InChI=1S/C15H20N2O4/c1-17(2)13(19)10-6-9-12(18)16-14(15(20)21)11-7-4-3-5-8-11/h3-5,7-8,14H,6,9-10H2,1-2H3,(H,16,18)(H,20,21)/t14-/m0/s1. The van der Waals surface area contributed by atoms with Crippen molar-refractivity contribution in [2.75, 3.05) is 14.1 Å². The van der Waals surface area contributed by atoms with Crippen LogP contribution in [0.3, 0.4) is 0 Å². The third-order valence-corrected chi connectivity index (χ3v) is 2.98. The van der Waals surface area contributed by atoms with E-state index in [9.17, 15) is 19.5 Å². The lowest BCUT2D eigenvalue weighted by molar-refractivity contribution is -0.142. The summed E-state index contributed by atoms with van der Waals surface area (Å²) in [6.07, 6.45) is 0.781. The summed E-state index contributed by atoms with van der Waals surface area (Å²) in [4.78, 5) is 35.9. The molecular weight excluding hydrogens is 272 g/mol. The number of rotatable bonds is 7. The largest absolute Gasteiger partial charge is 0.479 e. The number of hydrogen-bond acceptors (Lipinski definition) is 3. The molecule has 2 N–H and O–H groups in total. The van der Waals surface area contributed by atoms with E-state index in [0.29, 0.717) is 12.0 Å². The zero-order chi connectivity index (χ0) is 15.8. The van der Waals surface area contributed by atoms with E-state index < -0.39 is 12.0 Å². The molecule has 0 spiro atoms. The molecule has 1 atom stereocenters. The summed E-state index contributed by atoms with van der Waals surface area (Å²) in [6, 6.07) is 7.43. The Bertz CT molecular complexity index is 500.